The molecular weight excluding hydrogens is 184 g/mol. The second-order valence-electron chi connectivity index (χ2n) is 2.75. The van der Waals surface area contributed by atoms with Crippen LogP contribution < -0.4 is 5.90 Å². The molecule has 0 aromatic heterocycles. The lowest BCUT2D eigenvalue weighted by Crippen LogP contribution is -2.10. The van der Waals surface area contributed by atoms with E-state index in [1.807, 2.05) is 0 Å². The molecule has 0 aromatic carbocycles. The van der Waals surface area contributed by atoms with Crippen LogP contribution in [0.25, 0.3) is 0 Å². The van der Waals surface area contributed by atoms with E-state index >= 15 is 0 Å². The zero-order valence-electron chi connectivity index (χ0n) is 8.78. The third kappa shape index (κ3) is 11.4. The minimum absolute atomic E-state index is 0.403. The van der Waals surface area contributed by atoms with Crippen LogP contribution in [0.2, 0.25) is 0 Å². The Hall–Kier alpha value is -0.650. The first kappa shape index (κ1) is 13.4. The molecular formula is C9H20N2O3. The molecule has 0 rings (SSSR count). The fraction of sp³-hybridized carbons (Fsp3) is 0.889. The van der Waals surface area contributed by atoms with E-state index in [0.717, 1.165) is 12.8 Å². The third-order valence-corrected chi connectivity index (χ3v) is 1.50. The molecule has 0 radical (unpaired) electrons. The molecule has 84 valence electrons. The van der Waals surface area contributed by atoms with E-state index in [1.165, 1.54) is 6.42 Å². The molecule has 0 aromatic rings. The largest absolute Gasteiger partial charge is 0.394 e. The van der Waals surface area contributed by atoms with Gasteiger partial charge in [-0.25, -0.2) is 5.90 Å². The summed E-state index contributed by atoms with van der Waals surface area (Å²) in [6, 6.07) is 0. The molecule has 0 saturated carbocycles. The van der Waals surface area contributed by atoms with Gasteiger partial charge in [-0.05, 0) is 12.8 Å². The van der Waals surface area contributed by atoms with Crippen molar-refractivity contribution >= 4 is 6.21 Å². The fourth-order valence-corrected chi connectivity index (χ4v) is 0.759. The van der Waals surface area contributed by atoms with E-state index in [4.69, 9.17) is 15.5 Å². The highest BCUT2D eigenvalue weighted by atomic mass is 16.6. The Morgan fingerprint density at radius 2 is 2.00 bits per heavy atom. The average Bonchev–Trinajstić information content (AvgIpc) is 2.21. The van der Waals surface area contributed by atoms with Gasteiger partial charge in [0.15, 0.2) is 0 Å². The molecule has 5 heteroatoms. The first-order chi connectivity index (χ1) is 6.91. The average molecular weight is 204 g/mol. The van der Waals surface area contributed by atoms with Crippen molar-refractivity contribution < 1.29 is 14.4 Å². The quantitative estimate of drug-likeness (QED) is 0.328. The summed E-state index contributed by atoms with van der Waals surface area (Å²) in [7, 11) is 0. The first-order valence-corrected chi connectivity index (χ1v) is 4.95. The van der Waals surface area contributed by atoms with Gasteiger partial charge in [0.2, 0.25) is 0 Å². The maximum Gasteiger partial charge on any atom is 0.140 e. The van der Waals surface area contributed by atoms with Crippen molar-refractivity contribution in [2.75, 3.05) is 26.4 Å². The highest BCUT2D eigenvalue weighted by Gasteiger charge is 1.87. The second-order valence-corrected chi connectivity index (χ2v) is 2.75. The molecule has 0 amide bonds. The summed E-state index contributed by atoms with van der Waals surface area (Å²) in [4.78, 5) is 9.25. The number of hydrogen-bond acceptors (Lipinski definition) is 5. The summed E-state index contributed by atoms with van der Waals surface area (Å²) in [5.41, 5.74) is 0. The molecule has 0 atom stereocenters. The van der Waals surface area contributed by atoms with Gasteiger partial charge in [0, 0.05) is 6.21 Å². The number of ether oxygens (including phenoxy) is 1. The van der Waals surface area contributed by atoms with Crippen LogP contribution in [-0.4, -0.2) is 32.6 Å². The Balaban J connectivity index is 2.94. The van der Waals surface area contributed by atoms with Crippen LogP contribution in [0.5, 0.6) is 0 Å². The number of hydrogen-bond donors (Lipinski definition) is 1. The number of oxime groups is 1. The van der Waals surface area contributed by atoms with Gasteiger partial charge in [0.25, 0.3) is 0 Å². The van der Waals surface area contributed by atoms with E-state index in [2.05, 4.69) is 16.9 Å². The van der Waals surface area contributed by atoms with Crippen LogP contribution in [0.4, 0.5) is 0 Å². The van der Waals surface area contributed by atoms with Crippen molar-refractivity contribution in [1.82, 2.24) is 0 Å². The van der Waals surface area contributed by atoms with E-state index in [-0.39, 0.29) is 0 Å². The third-order valence-electron chi connectivity index (χ3n) is 1.50. The maximum atomic E-state index is 5.10. The lowest BCUT2D eigenvalue weighted by atomic mass is 10.3. The molecule has 0 spiro atoms. The Labute approximate surface area is 85.1 Å². The summed E-state index contributed by atoms with van der Waals surface area (Å²) in [6.45, 7) is 4.00. The molecule has 2 N–H and O–H groups in total. The van der Waals surface area contributed by atoms with Gasteiger partial charge in [-0.1, -0.05) is 18.5 Å². The molecule has 0 aliphatic rings. The molecule has 0 bridgehead atoms. The summed E-state index contributed by atoms with van der Waals surface area (Å²) < 4.78 is 5.10. The van der Waals surface area contributed by atoms with Gasteiger partial charge in [-0.2, -0.15) is 0 Å². The predicted molar refractivity (Wildman–Crippen MR) is 54.9 cm³/mol. The standard InChI is InChI=1S/C9H20N2O3/c1-2-3-4-5-11-14-9-7-12-6-8-13-10/h5H,2-4,6-10H2,1H3/b11-5-. The molecule has 14 heavy (non-hydrogen) atoms. The first-order valence-electron chi connectivity index (χ1n) is 4.95. The van der Waals surface area contributed by atoms with Crippen LogP contribution in [0.3, 0.4) is 0 Å². The van der Waals surface area contributed by atoms with E-state index in [9.17, 15) is 0 Å². The van der Waals surface area contributed by atoms with Gasteiger partial charge in [-0.3, -0.25) is 0 Å². The second kappa shape index (κ2) is 12.3. The lowest BCUT2D eigenvalue weighted by molar-refractivity contribution is 0.0157. The Morgan fingerprint density at radius 1 is 1.21 bits per heavy atom. The number of unbranched alkanes of at least 4 members (excludes halogenated alkanes) is 2. The Kier molecular flexibility index (Phi) is 11.8. The lowest BCUT2D eigenvalue weighted by Gasteiger charge is -2.01. The SMILES string of the molecule is CCCC/C=N\OCCOCCON. The highest BCUT2D eigenvalue weighted by molar-refractivity contribution is 5.55. The van der Waals surface area contributed by atoms with Crippen molar-refractivity contribution in [3.05, 3.63) is 0 Å². The smallest absolute Gasteiger partial charge is 0.140 e. The van der Waals surface area contributed by atoms with Gasteiger partial charge in [-0.15, -0.1) is 0 Å². The van der Waals surface area contributed by atoms with Crippen molar-refractivity contribution in [2.24, 2.45) is 11.1 Å². The molecule has 5 nitrogen and oxygen atoms in total. The molecule has 0 heterocycles. The Bertz CT molecular complexity index is 131. The highest BCUT2D eigenvalue weighted by Crippen LogP contribution is 1.90. The van der Waals surface area contributed by atoms with Crippen molar-refractivity contribution in [3.8, 4) is 0 Å². The van der Waals surface area contributed by atoms with Crippen LogP contribution in [0.15, 0.2) is 5.16 Å². The monoisotopic (exact) mass is 204 g/mol. The van der Waals surface area contributed by atoms with Gasteiger partial charge < -0.3 is 14.4 Å². The minimum atomic E-state index is 0.403. The minimum Gasteiger partial charge on any atom is -0.394 e. The zero-order valence-corrected chi connectivity index (χ0v) is 8.78. The predicted octanol–water partition coefficient (Wildman–Crippen LogP) is 1.09. The van der Waals surface area contributed by atoms with Gasteiger partial charge in [0.1, 0.15) is 6.61 Å². The number of nitrogens with zero attached hydrogens (tertiary/aromatic N) is 1. The maximum absolute atomic E-state index is 5.10. The van der Waals surface area contributed by atoms with Crippen molar-refractivity contribution in [1.29, 1.82) is 0 Å². The topological polar surface area (TPSA) is 66.1 Å². The van der Waals surface area contributed by atoms with Crippen molar-refractivity contribution in [3.63, 3.8) is 0 Å². The zero-order chi connectivity index (χ0) is 10.5. The van der Waals surface area contributed by atoms with Crippen LogP contribution >= 0.6 is 0 Å². The summed E-state index contributed by atoms with van der Waals surface area (Å²) in [5, 5.41) is 3.77. The summed E-state index contributed by atoms with van der Waals surface area (Å²) >= 11 is 0. The fourth-order valence-electron chi connectivity index (χ4n) is 0.759. The van der Waals surface area contributed by atoms with E-state index in [1.54, 1.807) is 6.21 Å². The molecule has 0 unspecified atom stereocenters. The molecule has 0 aliphatic carbocycles. The van der Waals surface area contributed by atoms with Crippen molar-refractivity contribution in [2.45, 2.75) is 26.2 Å². The molecule has 0 fully saturated rings. The van der Waals surface area contributed by atoms with E-state index in [0.29, 0.717) is 26.4 Å². The molecule has 0 aliphatic heterocycles. The summed E-state index contributed by atoms with van der Waals surface area (Å²) in [5.74, 6) is 4.80. The Morgan fingerprint density at radius 3 is 2.71 bits per heavy atom. The van der Waals surface area contributed by atoms with Crippen LogP contribution in [-0.2, 0) is 14.4 Å². The van der Waals surface area contributed by atoms with Crippen LogP contribution in [0, 0.1) is 0 Å². The van der Waals surface area contributed by atoms with Gasteiger partial charge in [0.05, 0.1) is 19.8 Å². The van der Waals surface area contributed by atoms with Crippen LogP contribution in [0.1, 0.15) is 26.2 Å². The van der Waals surface area contributed by atoms with E-state index < -0.39 is 0 Å². The normalized spacial score (nSPS) is 11.0. The molecule has 0 saturated heterocycles. The number of nitrogens with two attached hydrogens (primary N) is 1. The summed E-state index contributed by atoms with van der Waals surface area (Å²) in [6.07, 6.45) is 5.08. The number of rotatable bonds is 10. The van der Waals surface area contributed by atoms with Gasteiger partial charge >= 0.3 is 0 Å².